The lowest BCUT2D eigenvalue weighted by Crippen LogP contribution is -2.24. The lowest BCUT2D eigenvalue weighted by molar-refractivity contribution is 0.0712. The van der Waals surface area contributed by atoms with Crippen LogP contribution < -0.4 is 5.73 Å². The van der Waals surface area contributed by atoms with E-state index in [2.05, 4.69) is 0 Å². The van der Waals surface area contributed by atoms with Crippen LogP contribution in [0.15, 0.2) is 0 Å². The molecular weight excluding hydrogens is 130 g/mol. The zero-order chi connectivity index (χ0) is 7.61. The maximum atomic E-state index is 9.06. The Balaban J connectivity index is 2.23. The van der Waals surface area contributed by atoms with Gasteiger partial charge in [-0.1, -0.05) is 0 Å². The van der Waals surface area contributed by atoms with E-state index in [9.17, 15) is 0 Å². The summed E-state index contributed by atoms with van der Waals surface area (Å²) < 4.78 is 0. The average molecular weight is 145 g/mol. The van der Waals surface area contributed by atoms with Gasteiger partial charge in [0, 0.05) is 0 Å². The largest absolute Gasteiger partial charge is 0.394 e. The van der Waals surface area contributed by atoms with E-state index in [-0.39, 0.29) is 12.0 Å². The normalized spacial score (nSPS) is 24.3. The number of aliphatic hydroxyl groups is 2. The summed E-state index contributed by atoms with van der Waals surface area (Å²) in [6, 6.07) is 0. The van der Waals surface area contributed by atoms with Gasteiger partial charge in [0.2, 0.25) is 0 Å². The highest BCUT2D eigenvalue weighted by atomic mass is 16.3. The second-order valence-electron chi connectivity index (χ2n) is 3.24. The molecule has 0 aliphatic heterocycles. The fraction of sp³-hybridized carbons (Fsp3) is 1.00. The molecule has 1 aliphatic carbocycles. The fourth-order valence-corrected chi connectivity index (χ4v) is 1.23. The van der Waals surface area contributed by atoms with E-state index in [4.69, 9.17) is 15.9 Å². The molecule has 0 aromatic rings. The smallest absolute Gasteiger partial charge is 0.0776 e. The van der Waals surface area contributed by atoms with E-state index < -0.39 is 6.10 Å². The molecule has 4 N–H and O–H groups in total. The first-order valence-corrected chi connectivity index (χ1v) is 3.71. The number of hydrogen-bond acceptors (Lipinski definition) is 3. The van der Waals surface area contributed by atoms with Crippen LogP contribution in [0.25, 0.3) is 0 Å². The predicted octanol–water partition coefficient (Wildman–Crippen LogP) is -0.531. The molecule has 3 heteroatoms. The highest BCUT2D eigenvalue weighted by Crippen LogP contribution is 2.48. The Bertz CT molecular complexity index is 112. The summed E-state index contributed by atoms with van der Waals surface area (Å²) in [6.07, 6.45) is 2.33. The maximum absolute atomic E-state index is 9.06. The van der Waals surface area contributed by atoms with Crippen LogP contribution in [0.5, 0.6) is 0 Å². The minimum absolute atomic E-state index is 0.137. The summed E-state index contributed by atoms with van der Waals surface area (Å²) in [7, 11) is 0. The third-order valence-corrected chi connectivity index (χ3v) is 2.27. The molecule has 0 saturated heterocycles. The molecule has 0 bridgehead atoms. The van der Waals surface area contributed by atoms with Gasteiger partial charge in [-0.15, -0.1) is 0 Å². The molecule has 1 fully saturated rings. The zero-order valence-electron chi connectivity index (χ0n) is 6.08. The van der Waals surface area contributed by atoms with Gasteiger partial charge in [-0.25, -0.2) is 0 Å². The Morgan fingerprint density at radius 2 is 2.10 bits per heavy atom. The Morgan fingerprint density at radius 3 is 2.40 bits per heavy atom. The molecular formula is C7H15NO2. The molecule has 1 saturated carbocycles. The summed E-state index contributed by atoms with van der Waals surface area (Å²) in [4.78, 5) is 0. The van der Waals surface area contributed by atoms with Crippen molar-refractivity contribution in [2.45, 2.75) is 25.4 Å². The highest BCUT2D eigenvalue weighted by Gasteiger charge is 2.42. The summed E-state index contributed by atoms with van der Waals surface area (Å²) in [5, 5.41) is 17.6. The van der Waals surface area contributed by atoms with Crippen LogP contribution in [-0.4, -0.2) is 29.5 Å². The molecule has 0 heterocycles. The first-order valence-electron chi connectivity index (χ1n) is 3.71. The minimum Gasteiger partial charge on any atom is -0.394 e. The van der Waals surface area contributed by atoms with Crippen LogP contribution in [-0.2, 0) is 0 Å². The van der Waals surface area contributed by atoms with Crippen LogP contribution in [0.2, 0.25) is 0 Å². The maximum Gasteiger partial charge on any atom is 0.0776 e. The van der Waals surface area contributed by atoms with Crippen LogP contribution in [0.4, 0.5) is 0 Å². The van der Waals surface area contributed by atoms with Gasteiger partial charge < -0.3 is 15.9 Å². The molecule has 1 rings (SSSR count). The third-order valence-electron chi connectivity index (χ3n) is 2.27. The van der Waals surface area contributed by atoms with Crippen LogP contribution >= 0.6 is 0 Å². The Hall–Kier alpha value is -0.120. The topological polar surface area (TPSA) is 66.5 Å². The highest BCUT2D eigenvalue weighted by molar-refractivity contribution is 4.95. The second kappa shape index (κ2) is 2.86. The van der Waals surface area contributed by atoms with Gasteiger partial charge in [0.25, 0.3) is 0 Å². The van der Waals surface area contributed by atoms with Crippen molar-refractivity contribution in [3.63, 3.8) is 0 Å². The molecule has 0 radical (unpaired) electrons. The molecule has 1 aliphatic rings. The Morgan fingerprint density at radius 1 is 1.50 bits per heavy atom. The van der Waals surface area contributed by atoms with Gasteiger partial charge in [0.1, 0.15) is 0 Å². The van der Waals surface area contributed by atoms with E-state index in [0.29, 0.717) is 13.0 Å². The lowest BCUT2D eigenvalue weighted by atomic mass is 9.99. The number of rotatable bonds is 4. The zero-order valence-corrected chi connectivity index (χ0v) is 6.08. The van der Waals surface area contributed by atoms with E-state index >= 15 is 0 Å². The van der Waals surface area contributed by atoms with Crippen LogP contribution in [0.3, 0.4) is 0 Å². The molecule has 0 aromatic carbocycles. The quantitative estimate of drug-likeness (QED) is 0.498. The van der Waals surface area contributed by atoms with Gasteiger partial charge in [-0.05, 0) is 31.2 Å². The van der Waals surface area contributed by atoms with Crippen molar-refractivity contribution in [3.8, 4) is 0 Å². The van der Waals surface area contributed by atoms with Gasteiger partial charge in [-0.2, -0.15) is 0 Å². The first-order chi connectivity index (χ1) is 4.72. The molecule has 0 spiro atoms. The second-order valence-corrected chi connectivity index (χ2v) is 3.24. The van der Waals surface area contributed by atoms with E-state index in [0.717, 1.165) is 12.8 Å². The van der Waals surface area contributed by atoms with Crippen molar-refractivity contribution >= 4 is 0 Å². The van der Waals surface area contributed by atoms with Gasteiger partial charge in [0.15, 0.2) is 0 Å². The number of hydrogen-bond donors (Lipinski definition) is 3. The van der Waals surface area contributed by atoms with Gasteiger partial charge >= 0.3 is 0 Å². The molecule has 0 amide bonds. The number of aliphatic hydroxyl groups excluding tert-OH is 2. The monoisotopic (exact) mass is 145 g/mol. The molecule has 3 nitrogen and oxygen atoms in total. The third kappa shape index (κ3) is 1.68. The minimum atomic E-state index is -0.564. The summed E-state index contributed by atoms with van der Waals surface area (Å²) >= 11 is 0. The van der Waals surface area contributed by atoms with Crippen molar-refractivity contribution in [1.29, 1.82) is 0 Å². The molecule has 0 aromatic heterocycles. The standard InChI is InChI=1S/C7H15NO2/c8-5-7(1-2-7)3-6(10)4-9/h6,9-10H,1-5,8H2. The van der Waals surface area contributed by atoms with Crippen LogP contribution in [0.1, 0.15) is 19.3 Å². The Kier molecular flexibility index (Phi) is 2.28. The molecule has 1 atom stereocenters. The predicted molar refractivity (Wildman–Crippen MR) is 38.4 cm³/mol. The van der Waals surface area contributed by atoms with Crippen molar-refractivity contribution in [2.24, 2.45) is 11.1 Å². The van der Waals surface area contributed by atoms with E-state index in [1.807, 2.05) is 0 Å². The van der Waals surface area contributed by atoms with Crippen molar-refractivity contribution in [1.82, 2.24) is 0 Å². The summed E-state index contributed by atoms with van der Waals surface area (Å²) in [5.41, 5.74) is 5.66. The van der Waals surface area contributed by atoms with E-state index in [1.165, 1.54) is 0 Å². The summed E-state index contributed by atoms with van der Waals surface area (Å²) in [5.74, 6) is 0. The SMILES string of the molecule is NCC1(CC(O)CO)CC1. The number of nitrogens with two attached hydrogens (primary N) is 1. The fourth-order valence-electron chi connectivity index (χ4n) is 1.23. The van der Waals surface area contributed by atoms with Crippen molar-refractivity contribution in [2.75, 3.05) is 13.2 Å². The first kappa shape index (κ1) is 7.98. The lowest BCUT2D eigenvalue weighted by Gasteiger charge is -2.14. The van der Waals surface area contributed by atoms with Crippen molar-refractivity contribution < 1.29 is 10.2 Å². The molecule has 10 heavy (non-hydrogen) atoms. The average Bonchev–Trinajstić information content (AvgIpc) is 2.70. The van der Waals surface area contributed by atoms with Gasteiger partial charge in [0.05, 0.1) is 12.7 Å². The van der Waals surface area contributed by atoms with Crippen LogP contribution in [0, 0.1) is 5.41 Å². The molecule has 60 valence electrons. The Labute approximate surface area is 60.9 Å². The van der Waals surface area contributed by atoms with Gasteiger partial charge in [-0.3, -0.25) is 0 Å². The van der Waals surface area contributed by atoms with E-state index in [1.54, 1.807) is 0 Å². The summed E-state index contributed by atoms with van der Waals surface area (Å²) in [6.45, 7) is 0.506. The van der Waals surface area contributed by atoms with Crippen molar-refractivity contribution in [3.05, 3.63) is 0 Å². The molecule has 1 unspecified atom stereocenters.